The number of carbonyl (C=O) groups is 1. The highest BCUT2D eigenvalue weighted by molar-refractivity contribution is 5.97. The Labute approximate surface area is 86.1 Å². The number of hydrogen-bond acceptors (Lipinski definition) is 2. The van der Waals surface area contributed by atoms with Crippen LogP contribution in [0.15, 0.2) is 12.1 Å². The quantitative estimate of drug-likeness (QED) is 0.702. The second-order valence-electron chi connectivity index (χ2n) is 3.23. The zero-order valence-electron chi connectivity index (χ0n) is 8.34. The summed E-state index contributed by atoms with van der Waals surface area (Å²) in [5.41, 5.74) is 0.414. The van der Waals surface area contributed by atoms with Gasteiger partial charge in [0.15, 0.2) is 5.78 Å². The molecule has 1 rings (SSSR count). The molecule has 0 spiro atoms. The van der Waals surface area contributed by atoms with Crippen LogP contribution < -0.4 is 0 Å². The smallest absolute Gasteiger partial charge is 0.263 e. The van der Waals surface area contributed by atoms with Gasteiger partial charge in [-0.1, -0.05) is 0 Å². The molecule has 0 fully saturated rings. The number of nitriles is 1. The molecular weight excluding hydrogens is 200 g/mol. The molecule has 15 heavy (non-hydrogen) atoms. The average Bonchev–Trinajstić information content (AvgIpc) is 2.16. The molecule has 78 valence electrons. The van der Waals surface area contributed by atoms with Crippen LogP contribution in [0.1, 0.15) is 40.4 Å². The summed E-state index contributed by atoms with van der Waals surface area (Å²) in [5.74, 6) is -0.378. The molecule has 0 aliphatic rings. The van der Waals surface area contributed by atoms with Gasteiger partial charge in [-0.3, -0.25) is 4.79 Å². The third-order valence-corrected chi connectivity index (χ3v) is 2.10. The van der Waals surface area contributed by atoms with Crippen molar-refractivity contribution in [3.63, 3.8) is 0 Å². The molecule has 0 bridgehead atoms. The van der Waals surface area contributed by atoms with Gasteiger partial charge in [0.05, 0.1) is 5.56 Å². The lowest BCUT2D eigenvalue weighted by Gasteiger charge is -2.07. The van der Waals surface area contributed by atoms with Gasteiger partial charge in [-0.25, -0.2) is 8.78 Å². The first-order valence-electron chi connectivity index (χ1n) is 4.31. The number of nitrogens with zero attached hydrogens (tertiary/aromatic N) is 1. The van der Waals surface area contributed by atoms with E-state index in [1.54, 1.807) is 0 Å². The van der Waals surface area contributed by atoms with Gasteiger partial charge in [-0.15, -0.1) is 0 Å². The van der Waals surface area contributed by atoms with E-state index < -0.39 is 6.43 Å². The van der Waals surface area contributed by atoms with Crippen LogP contribution in [0.25, 0.3) is 0 Å². The van der Waals surface area contributed by atoms with Crippen LogP contribution >= 0.6 is 0 Å². The van der Waals surface area contributed by atoms with Crippen LogP contribution in [-0.4, -0.2) is 5.78 Å². The number of halogens is 2. The van der Waals surface area contributed by atoms with E-state index in [1.807, 2.05) is 6.07 Å². The summed E-state index contributed by atoms with van der Waals surface area (Å²) in [6, 6.07) is 4.16. The van der Waals surface area contributed by atoms with Crippen molar-refractivity contribution in [2.75, 3.05) is 0 Å². The van der Waals surface area contributed by atoms with Crippen LogP contribution in [0, 0.1) is 18.3 Å². The van der Waals surface area contributed by atoms with Gasteiger partial charge in [0.2, 0.25) is 0 Å². The minimum Gasteiger partial charge on any atom is -0.294 e. The molecule has 4 heteroatoms. The minimum atomic E-state index is -2.63. The number of carbonyl (C=O) groups excluding carboxylic acids is 1. The van der Waals surface area contributed by atoms with E-state index in [2.05, 4.69) is 0 Å². The Morgan fingerprint density at radius 3 is 2.47 bits per heavy atom. The number of hydrogen-bond donors (Lipinski definition) is 0. The fourth-order valence-electron chi connectivity index (χ4n) is 1.37. The Bertz CT molecular complexity index is 447. The minimum absolute atomic E-state index is 0.0628. The zero-order chi connectivity index (χ0) is 11.6. The Morgan fingerprint density at radius 2 is 2.07 bits per heavy atom. The second kappa shape index (κ2) is 4.18. The Balaban J connectivity index is 3.47. The highest BCUT2D eigenvalue weighted by Crippen LogP contribution is 2.24. The predicted octanol–water partition coefficient (Wildman–Crippen LogP) is 3.01. The van der Waals surface area contributed by atoms with Crippen molar-refractivity contribution >= 4 is 5.78 Å². The molecule has 0 amide bonds. The maximum atomic E-state index is 12.4. The van der Waals surface area contributed by atoms with Crippen LogP contribution in [0.5, 0.6) is 0 Å². The highest BCUT2D eigenvalue weighted by atomic mass is 19.3. The lowest BCUT2D eigenvalue weighted by atomic mass is 9.97. The molecule has 0 N–H and O–H groups in total. The first-order chi connectivity index (χ1) is 6.97. The standard InChI is InChI=1S/C11H9F2NO/c1-6-3-8(11(12)13)4-9(7(2)15)10(6)5-14/h3-4,11H,1-2H3. The number of aryl methyl sites for hydroxylation is 1. The van der Waals surface area contributed by atoms with E-state index in [4.69, 9.17) is 5.26 Å². The SMILES string of the molecule is CC(=O)c1cc(C(F)F)cc(C)c1C#N. The summed E-state index contributed by atoms with van der Waals surface area (Å²) in [6.45, 7) is 2.79. The van der Waals surface area contributed by atoms with Gasteiger partial charge in [-0.05, 0) is 31.5 Å². The summed E-state index contributed by atoms with van der Waals surface area (Å²) in [6.07, 6.45) is -2.63. The van der Waals surface area contributed by atoms with Crippen LogP contribution in [0.4, 0.5) is 8.78 Å². The summed E-state index contributed by atoms with van der Waals surface area (Å²) >= 11 is 0. The van der Waals surface area contributed by atoms with Gasteiger partial charge in [0.25, 0.3) is 6.43 Å². The number of rotatable bonds is 2. The van der Waals surface area contributed by atoms with Crippen LogP contribution in [0.3, 0.4) is 0 Å². The van der Waals surface area contributed by atoms with Gasteiger partial charge in [0, 0.05) is 11.1 Å². The fraction of sp³-hybridized carbons (Fsp3) is 0.273. The van der Waals surface area contributed by atoms with E-state index in [9.17, 15) is 13.6 Å². The summed E-state index contributed by atoms with van der Waals surface area (Å²) < 4.78 is 24.9. The first kappa shape index (κ1) is 11.3. The monoisotopic (exact) mass is 209 g/mol. The molecule has 0 heterocycles. The van der Waals surface area contributed by atoms with Crippen LogP contribution in [0.2, 0.25) is 0 Å². The zero-order valence-corrected chi connectivity index (χ0v) is 8.34. The van der Waals surface area contributed by atoms with Crippen molar-refractivity contribution in [2.45, 2.75) is 20.3 Å². The maximum absolute atomic E-state index is 12.4. The van der Waals surface area contributed by atoms with E-state index in [0.717, 1.165) is 6.07 Å². The third kappa shape index (κ3) is 2.18. The molecule has 1 aromatic carbocycles. The van der Waals surface area contributed by atoms with Gasteiger partial charge in [0.1, 0.15) is 6.07 Å². The average molecular weight is 209 g/mol. The lowest BCUT2D eigenvalue weighted by Crippen LogP contribution is -2.01. The number of alkyl halides is 2. The normalized spacial score (nSPS) is 10.1. The Morgan fingerprint density at radius 1 is 1.47 bits per heavy atom. The second-order valence-corrected chi connectivity index (χ2v) is 3.23. The molecule has 0 saturated carbocycles. The molecule has 0 aliphatic carbocycles. The molecular formula is C11H9F2NO. The Hall–Kier alpha value is -1.76. The molecule has 0 atom stereocenters. The van der Waals surface area contributed by atoms with Gasteiger partial charge in [-0.2, -0.15) is 5.26 Å². The third-order valence-electron chi connectivity index (χ3n) is 2.10. The molecule has 1 aromatic rings. The topological polar surface area (TPSA) is 40.9 Å². The molecule has 0 radical (unpaired) electrons. The maximum Gasteiger partial charge on any atom is 0.263 e. The fourth-order valence-corrected chi connectivity index (χ4v) is 1.37. The van der Waals surface area contributed by atoms with Gasteiger partial charge >= 0.3 is 0 Å². The van der Waals surface area contributed by atoms with Crippen molar-refractivity contribution in [1.82, 2.24) is 0 Å². The van der Waals surface area contributed by atoms with E-state index >= 15 is 0 Å². The molecule has 0 aromatic heterocycles. The molecule has 2 nitrogen and oxygen atoms in total. The van der Waals surface area contributed by atoms with Crippen molar-refractivity contribution < 1.29 is 13.6 Å². The summed E-state index contributed by atoms with van der Waals surface area (Å²) in [4.78, 5) is 11.2. The highest BCUT2D eigenvalue weighted by Gasteiger charge is 2.15. The lowest BCUT2D eigenvalue weighted by molar-refractivity contribution is 0.101. The summed E-state index contributed by atoms with van der Waals surface area (Å²) in [5, 5.41) is 8.79. The van der Waals surface area contributed by atoms with Crippen LogP contribution in [-0.2, 0) is 0 Å². The van der Waals surface area contributed by atoms with E-state index in [0.29, 0.717) is 5.56 Å². The van der Waals surface area contributed by atoms with E-state index in [-0.39, 0.29) is 22.5 Å². The summed E-state index contributed by atoms with van der Waals surface area (Å²) in [7, 11) is 0. The molecule has 0 unspecified atom stereocenters. The molecule has 0 aliphatic heterocycles. The molecule has 0 saturated heterocycles. The van der Waals surface area contributed by atoms with Gasteiger partial charge < -0.3 is 0 Å². The number of ketones is 1. The number of Topliss-reactive ketones (excluding diaryl/α,β-unsaturated/α-hetero) is 1. The predicted molar refractivity (Wildman–Crippen MR) is 50.9 cm³/mol. The number of benzene rings is 1. The first-order valence-corrected chi connectivity index (χ1v) is 4.31. The Kier molecular flexibility index (Phi) is 3.15. The largest absolute Gasteiger partial charge is 0.294 e. The van der Waals surface area contributed by atoms with Crippen molar-refractivity contribution in [3.8, 4) is 6.07 Å². The van der Waals surface area contributed by atoms with Crippen molar-refractivity contribution in [2.24, 2.45) is 0 Å². The van der Waals surface area contributed by atoms with Crippen molar-refractivity contribution in [1.29, 1.82) is 5.26 Å². The van der Waals surface area contributed by atoms with E-state index in [1.165, 1.54) is 19.9 Å². The van der Waals surface area contributed by atoms with Crippen molar-refractivity contribution in [3.05, 3.63) is 34.4 Å².